The van der Waals surface area contributed by atoms with Gasteiger partial charge in [-0.1, -0.05) is 35.5 Å². The van der Waals surface area contributed by atoms with Crippen LogP contribution in [-0.4, -0.2) is 62.0 Å². The summed E-state index contributed by atoms with van der Waals surface area (Å²) in [5, 5.41) is 21.9. The molecule has 2 saturated heterocycles. The number of nitrogens with two attached hydrogens (primary N) is 1. The third-order valence-electron chi connectivity index (χ3n) is 5.32. The fourth-order valence-corrected chi connectivity index (χ4v) is 4.45. The molecular weight excluding hydrogens is 424 g/mol. The van der Waals surface area contributed by atoms with E-state index < -0.39 is 42.7 Å². The summed E-state index contributed by atoms with van der Waals surface area (Å²) in [6.45, 7) is 0.163. The van der Waals surface area contributed by atoms with Gasteiger partial charge in [-0.05, 0) is 0 Å². The highest BCUT2D eigenvalue weighted by atomic mass is 32.1. The molecule has 162 valence electrons. The Hall–Kier alpha value is -2.74. The molecule has 3 aromatic rings. The normalized spacial score (nSPS) is 30.5. The van der Waals surface area contributed by atoms with Gasteiger partial charge in [-0.2, -0.15) is 0 Å². The van der Waals surface area contributed by atoms with Gasteiger partial charge in [0, 0.05) is 17.1 Å². The summed E-state index contributed by atoms with van der Waals surface area (Å²) in [6.07, 6.45) is -1.09. The molecule has 0 aliphatic carbocycles. The van der Waals surface area contributed by atoms with Gasteiger partial charge in [0.05, 0.1) is 12.8 Å². The first-order valence-electron chi connectivity index (χ1n) is 9.63. The number of thiazole rings is 1. The van der Waals surface area contributed by atoms with Crippen LogP contribution in [0.3, 0.4) is 0 Å². The largest absolute Gasteiger partial charge is 0.387 e. The zero-order valence-electron chi connectivity index (χ0n) is 16.1. The number of rotatable bonds is 4. The minimum atomic E-state index is -1.29. The molecule has 6 atom stereocenters. The monoisotopic (exact) mass is 444 g/mol. The fraction of sp³-hybridized carbons (Fsp3) is 0.368. The van der Waals surface area contributed by atoms with Crippen LogP contribution in [-0.2, 0) is 19.0 Å². The summed E-state index contributed by atoms with van der Waals surface area (Å²) >= 11 is 1.42. The summed E-state index contributed by atoms with van der Waals surface area (Å²) in [5.41, 5.74) is 3.42. The molecule has 0 saturated carbocycles. The highest BCUT2D eigenvalue weighted by Gasteiger charge is 2.52. The van der Waals surface area contributed by atoms with E-state index in [0.29, 0.717) is 10.7 Å². The molecule has 4 N–H and O–H groups in total. The number of aliphatic hydroxyl groups is 1. The summed E-state index contributed by atoms with van der Waals surface area (Å²) in [7, 11) is 0. The Morgan fingerprint density at radius 2 is 2.13 bits per heavy atom. The number of carbonyl (C=O) groups excluding carboxylic acids is 1. The van der Waals surface area contributed by atoms with E-state index in [1.165, 1.54) is 16.0 Å². The number of carbonyl (C=O) groups is 1. The van der Waals surface area contributed by atoms with E-state index in [9.17, 15) is 9.90 Å². The van der Waals surface area contributed by atoms with Crippen LogP contribution in [0.25, 0.3) is 10.7 Å². The summed E-state index contributed by atoms with van der Waals surface area (Å²) in [4.78, 5) is 16.5. The molecule has 0 bridgehead atoms. The van der Waals surface area contributed by atoms with Crippen molar-refractivity contribution < 1.29 is 24.1 Å². The van der Waals surface area contributed by atoms with Crippen LogP contribution in [0.2, 0.25) is 0 Å². The molecule has 31 heavy (non-hydrogen) atoms. The molecule has 1 aromatic carbocycles. The van der Waals surface area contributed by atoms with Gasteiger partial charge >= 0.3 is 0 Å². The standard InChI is InChI=1S/C19H20N6O5S/c20-22-17(27)16-14(26)13(25-8-11(23-24-25)18-21-6-7-31-18)15-12(29-16)9-28-19(30-15)10-4-2-1-3-5-10/h1-8,12-16,19,26H,9,20H2,(H,22,27)/t12?,13?,14?,15-,16+,19?/m0/s1. The van der Waals surface area contributed by atoms with Crippen molar-refractivity contribution in [1.82, 2.24) is 25.4 Å². The molecule has 1 amide bonds. The molecule has 12 heteroatoms. The molecule has 2 fully saturated rings. The van der Waals surface area contributed by atoms with Crippen molar-refractivity contribution in [3.63, 3.8) is 0 Å². The number of aromatic nitrogens is 4. The maximum atomic E-state index is 12.3. The van der Waals surface area contributed by atoms with Crippen LogP contribution < -0.4 is 11.3 Å². The lowest BCUT2D eigenvalue weighted by atomic mass is 9.91. The van der Waals surface area contributed by atoms with Crippen LogP contribution in [0.15, 0.2) is 48.1 Å². The van der Waals surface area contributed by atoms with Crippen molar-refractivity contribution in [3.8, 4) is 10.7 Å². The van der Waals surface area contributed by atoms with Crippen LogP contribution in [0.4, 0.5) is 0 Å². The predicted molar refractivity (Wildman–Crippen MR) is 107 cm³/mol. The van der Waals surface area contributed by atoms with Crippen LogP contribution in [0.5, 0.6) is 0 Å². The molecule has 2 aliphatic rings. The van der Waals surface area contributed by atoms with Crippen molar-refractivity contribution >= 4 is 17.2 Å². The number of nitrogens with zero attached hydrogens (tertiary/aromatic N) is 4. The number of hydrogen-bond donors (Lipinski definition) is 3. The second kappa shape index (κ2) is 8.42. The van der Waals surface area contributed by atoms with E-state index in [-0.39, 0.29) is 6.61 Å². The molecule has 0 radical (unpaired) electrons. The number of hydrogen-bond acceptors (Lipinski definition) is 10. The average molecular weight is 444 g/mol. The molecule has 4 unspecified atom stereocenters. The third-order valence-corrected chi connectivity index (χ3v) is 6.11. The number of aliphatic hydroxyl groups excluding tert-OH is 1. The van der Waals surface area contributed by atoms with Gasteiger partial charge in [-0.3, -0.25) is 10.2 Å². The number of benzene rings is 1. The second-order valence-corrected chi connectivity index (χ2v) is 8.08. The topological polar surface area (TPSA) is 147 Å². The molecule has 4 heterocycles. The maximum Gasteiger partial charge on any atom is 0.265 e. The average Bonchev–Trinajstić information content (AvgIpc) is 3.50. The summed E-state index contributed by atoms with van der Waals surface area (Å²) in [6, 6.07) is 8.69. The maximum absolute atomic E-state index is 12.3. The van der Waals surface area contributed by atoms with E-state index in [0.717, 1.165) is 5.56 Å². The van der Waals surface area contributed by atoms with Crippen LogP contribution >= 0.6 is 11.3 Å². The first kappa shape index (κ1) is 20.2. The minimum absolute atomic E-state index is 0.163. The van der Waals surface area contributed by atoms with Gasteiger partial charge in [-0.25, -0.2) is 15.5 Å². The van der Waals surface area contributed by atoms with Crippen molar-refractivity contribution in [2.75, 3.05) is 6.61 Å². The number of hydrazine groups is 1. The lowest BCUT2D eigenvalue weighted by Gasteiger charge is -2.47. The van der Waals surface area contributed by atoms with Gasteiger partial charge in [0.2, 0.25) is 0 Å². The Bertz CT molecular complexity index is 1030. The molecule has 5 rings (SSSR count). The Kier molecular flexibility index (Phi) is 5.48. The van der Waals surface area contributed by atoms with E-state index in [1.54, 1.807) is 12.4 Å². The Morgan fingerprint density at radius 3 is 2.87 bits per heavy atom. The number of amides is 1. The fourth-order valence-electron chi connectivity index (χ4n) is 3.87. The Labute approximate surface area is 180 Å². The van der Waals surface area contributed by atoms with Crippen molar-refractivity contribution in [2.24, 2.45) is 5.84 Å². The quantitative estimate of drug-likeness (QED) is 0.291. The summed E-state index contributed by atoms with van der Waals surface area (Å²) < 4.78 is 19.3. The molecule has 2 aromatic heterocycles. The zero-order valence-corrected chi connectivity index (χ0v) is 17.0. The van der Waals surface area contributed by atoms with Crippen LogP contribution in [0.1, 0.15) is 17.9 Å². The minimum Gasteiger partial charge on any atom is -0.387 e. The lowest BCUT2D eigenvalue weighted by Crippen LogP contribution is -2.63. The Balaban J connectivity index is 1.49. The lowest BCUT2D eigenvalue weighted by molar-refractivity contribution is -0.312. The van der Waals surface area contributed by atoms with Crippen LogP contribution in [0, 0.1) is 0 Å². The van der Waals surface area contributed by atoms with E-state index in [1.807, 2.05) is 41.1 Å². The first-order valence-corrected chi connectivity index (χ1v) is 10.5. The molecule has 2 aliphatic heterocycles. The molecule has 0 spiro atoms. The van der Waals surface area contributed by atoms with Gasteiger partial charge in [0.25, 0.3) is 5.91 Å². The highest BCUT2D eigenvalue weighted by molar-refractivity contribution is 7.13. The van der Waals surface area contributed by atoms with Crippen molar-refractivity contribution in [3.05, 3.63) is 53.7 Å². The molecular formula is C19H20N6O5S. The third kappa shape index (κ3) is 3.73. The second-order valence-electron chi connectivity index (χ2n) is 7.18. The Morgan fingerprint density at radius 1 is 1.29 bits per heavy atom. The van der Waals surface area contributed by atoms with Crippen molar-refractivity contribution in [1.29, 1.82) is 0 Å². The van der Waals surface area contributed by atoms with Gasteiger partial charge in [0.1, 0.15) is 35.1 Å². The predicted octanol–water partition coefficient (Wildman–Crippen LogP) is 0.175. The molecule has 11 nitrogen and oxygen atoms in total. The zero-order chi connectivity index (χ0) is 21.4. The highest BCUT2D eigenvalue weighted by Crippen LogP contribution is 2.39. The van der Waals surface area contributed by atoms with E-state index >= 15 is 0 Å². The van der Waals surface area contributed by atoms with Gasteiger partial charge in [0.15, 0.2) is 12.4 Å². The number of ether oxygens (including phenoxy) is 3. The van der Waals surface area contributed by atoms with Crippen molar-refractivity contribution in [2.45, 2.75) is 36.7 Å². The first-order chi connectivity index (χ1) is 15.2. The van der Waals surface area contributed by atoms with E-state index in [2.05, 4.69) is 15.3 Å². The van der Waals surface area contributed by atoms with Gasteiger partial charge < -0.3 is 19.3 Å². The number of nitrogens with one attached hydrogen (secondary N) is 1. The van der Waals surface area contributed by atoms with E-state index in [4.69, 9.17) is 20.1 Å². The SMILES string of the molecule is NNC(=O)[C@@H]1OC2COC(c3ccccc3)O[C@@H]2C(n2cc(-c3nccs3)nn2)C1O. The summed E-state index contributed by atoms with van der Waals surface area (Å²) in [5.74, 6) is 4.64. The number of fused-ring (bicyclic) bond motifs is 1. The van der Waals surface area contributed by atoms with Gasteiger partial charge in [-0.15, -0.1) is 16.4 Å². The smallest absolute Gasteiger partial charge is 0.265 e.